The third kappa shape index (κ3) is 5.48. The Labute approximate surface area is 155 Å². The highest BCUT2D eigenvalue weighted by atomic mass is 19.4. The van der Waals surface area contributed by atoms with E-state index in [0.29, 0.717) is 17.7 Å². The quantitative estimate of drug-likeness (QED) is 0.612. The van der Waals surface area contributed by atoms with Crippen molar-refractivity contribution in [2.24, 2.45) is 0 Å². The van der Waals surface area contributed by atoms with E-state index in [1.165, 1.54) is 7.05 Å². The topological polar surface area (TPSA) is 49.4 Å². The molecule has 0 aliphatic rings. The van der Waals surface area contributed by atoms with Crippen molar-refractivity contribution in [3.8, 4) is 0 Å². The summed E-state index contributed by atoms with van der Waals surface area (Å²) >= 11 is 0. The van der Waals surface area contributed by atoms with Gasteiger partial charge in [0.1, 0.15) is 0 Å². The molecule has 10 heteroatoms. The number of benzene rings is 2. The molecule has 0 saturated carbocycles. The van der Waals surface area contributed by atoms with Crippen LogP contribution in [0, 0.1) is 0 Å². The van der Waals surface area contributed by atoms with Crippen molar-refractivity contribution in [3.05, 3.63) is 65.2 Å². The molecule has 0 aliphatic heterocycles. The number of anilines is 1. The summed E-state index contributed by atoms with van der Waals surface area (Å²) in [6.07, 6.45) is -10.1. The number of alkyl halides is 6. The Morgan fingerprint density at radius 1 is 0.893 bits per heavy atom. The van der Waals surface area contributed by atoms with Crippen molar-refractivity contribution in [2.75, 3.05) is 12.4 Å². The van der Waals surface area contributed by atoms with E-state index in [0.717, 1.165) is 4.90 Å². The molecule has 0 unspecified atom stereocenters. The van der Waals surface area contributed by atoms with Crippen LogP contribution in [0.3, 0.4) is 0 Å². The molecule has 150 valence electrons. The van der Waals surface area contributed by atoms with Crippen molar-refractivity contribution in [1.29, 1.82) is 0 Å². The Bertz CT molecular complexity index is 830. The van der Waals surface area contributed by atoms with E-state index >= 15 is 0 Å². The number of carbonyl (C=O) groups excluding carboxylic acids is 2. The fourth-order valence-electron chi connectivity index (χ4n) is 2.31. The number of carbonyl (C=O) groups is 2. The van der Waals surface area contributed by atoms with Crippen LogP contribution in [0.15, 0.2) is 48.5 Å². The van der Waals surface area contributed by atoms with Crippen LogP contribution in [0.2, 0.25) is 0 Å². The lowest BCUT2D eigenvalue weighted by Gasteiger charge is -2.18. The van der Waals surface area contributed by atoms with E-state index < -0.39 is 41.0 Å². The third-order valence-corrected chi connectivity index (χ3v) is 3.65. The van der Waals surface area contributed by atoms with Crippen molar-refractivity contribution in [1.82, 2.24) is 4.90 Å². The Morgan fingerprint density at radius 2 is 1.39 bits per heavy atom. The van der Waals surface area contributed by atoms with Gasteiger partial charge in [-0.25, -0.2) is 0 Å². The van der Waals surface area contributed by atoms with Crippen molar-refractivity contribution < 1.29 is 35.9 Å². The summed E-state index contributed by atoms with van der Waals surface area (Å²) in [7, 11) is 1.28. The van der Waals surface area contributed by atoms with Gasteiger partial charge in [0.15, 0.2) is 0 Å². The van der Waals surface area contributed by atoms with E-state index in [2.05, 4.69) is 0 Å². The summed E-state index contributed by atoms with van der Waals surface area (Å²) in [4.78, 5) is 25.1. The normalized spacial score (nSPS) is 11.8. The standard InChI is InChI=1S/C18H14F6N2O2/c1-26(10-11-5-3-2-4-6-11)16(28)15(27)25-14-8-12(17(19,20)21)7-13(9-14)18(22,23)24/h2-9H,10H2,1H3,(H,25,27). The molecule has 0 fully saturated rings. The number of amides is 2. The summed E-state index contributed by atoms with van der Waals surface area (Å²) < 4.78 is 77.1. The van der Waals surface area contributed by atoms with Gasteiger partial charge >= 0.3 is 24.2 Å². The van der Waals surface area contributed by atoms with E-state index in [4.69, 9.17) is 0 Å². The Balaban J connectivity index is 2.21. The summed E-state index contributed by atoms with van der Waals surface area (Å²) in [5, 5.41) is 1.80. The predicted octanol–water partition coefficient (Wildman–Crippen LogP) is 4.32. The molecular weight excluding hydrogens is 390 g/mol. The molecule has 28 heavy (non-hydrogen) atoms. The zero-order valence-electron chi connectivity index (χ0n) is 14.4. The second-order valence-corrected chi connectivity index (χ2v) is 5.90. The molecule has 2 aromatic rings. The first-order valence-corrected chi connectivity index (χ1v) is 7.78. The Kier molecular flexibility index (Phi) is 6.01. The molecule has 0 aromatic heterocycles. The van der Waals surface area contributed by atoms with Gasteiger partial charge in [0.25, 0.3) is 0 Å². The minimum Gasteiger partial charge on any atom is -0.333 e. The number of rotatable bonds is 3. The van der Waals surface area contributed by atoms with Crippen LogP contribution in [0.25, 0.3) is 0 Å². The van der Waals surface area contributed by atoms with Gasteiger partial charge < -0.3 is 10.2 Å². The number of likely N-dealkylation sites (N-methyl/N-ethyl adjacent to an activating group) is 1. The highest BCUT2D eigenvalue weighted by Crippen LogP contribution is 2.37. The van der Waals surface area contributed by atoms with Crippen LogP contribution >= 0.6 is 0 Å². The molecule has 0 heterocycles. The van der Waals surface area contributed by atoms with E-state index in [1.54, 1.807) is 35.6 Å². The number of hydrogen-bond donors (Lipinski definition) is 1. The first-order chi connectivity index (χ1) is 12.9. The van der Waals surface area contributed by atoms with Gasteiger partial charge in [-0.1, -0.05) is 30.3 Å². The van der Waals surface area contributed by atoms with Crippen LogP contribution in [0.4, 0.5) is 32.0 Å². The Hall–Kier alpha value is -3.04. The SMILES string of the molecule is CN(Cc1ccccc1)C(=O)C(=O)Nc1cc(C(F)(F)F)cc(C(F)(F)F)c1. The highest BCUT2D eigenvalue weighted by Gasteiger charge is 2.37. The van der Waals surface area contributed by atoms with E-state index in [1.807, 2.05) is 0 Å². The second-order valence-electron chi connectivity index (χ2n) is 5.90. The summed E-state index contributed by atoms with van der Waals surface area (Å²) in [6.45, 7) is 0.0312. The maximum atomic E-state index is 12.8. The van der Waals surface area contributed by atoms with Gasteiger partial charge in [0.05, 0.1) is 11.1 Å². The average molecular weight is 404 g/mol. The van der Waals surface area contributed by atoms with Crippen molar-refractivity contribution in [3.63, 3.8) is 0 Å². The number of halogens is 6. The minimum atomic E-state index is -5.06. The lowest BCUT2D eigenvalue weighted by atomic mass is 10.1. The van der Waals surface area contributed by atoms with Crippen LogP contribution in [-0.2, 0) is 28.5 Å². The zero-order chi connectivity index (χ0) is 21.1. The summed E-state index contributed by atoms with van der Waals surface area (Å²) in [5.41, 5.74) is -3.29. The van der Waals surface area contributed by atoms with Crippen LogP contribution < -0.4 is 5.32 Å². The van der Waals surface area contributed by atoms with Gasteiger partial charge in [0, 0.05) is 19.3 Å². The minimum absolute atomic E-state index is 0.0312. The molecule has 0 saturated heterocycles. The van der Waals surface area contributed by atoms with Crippen LogP contribution in [-0.4, -0.2) is 23.8 Å². The van der Waals surface area contributed by atoms with Crippen LogP contribution in [0.5, 0.6) is 0 Å². The first kappa shape index (κ1) is 21.3. The zero-order valence-corrected chi connectivity index (χ0v) is 14.4. The van der Waals surface area contributed by atoms with Gasteiger partial charge in [-0.3, -0.25) is 9.59 Å². The highest BCUT2D eigenvalue weighted by molar-refractivity contribution is 6.39. The molecule has 0 bridgehead atoms. The molecule has 2 aromatic carbocycles. The molecule has 2 amide bonds. The van der Waals surface area contributed by atoms with Gasteiger partial charge in [-0.05, 0) is 23.8 Å². The lowest BCUT2D eigenvalue weighted by molar-refractivity contribution is -0.143. The molecule has 0 aliphatic carbocycles. The number of nitrogens with one attached hydrogen (secondary N) is 1. The summed E-state index contributed by atoms with van der Waals surface area (Å²) in [6, 6.07) is 9.11. The molecule has 2 rings (SSSR count). The number of nitrogens with zero attached hydrogens (tertiary/aromatic N) is 1. The molecule has 4 nitrogen and oxygen atoms in total. The van der Waals surface area contributed by atoms with Gasteiger partial charge in [-0.15, -0.1) is 0 Å². The first-order valence-electron chi connectivity index (χ1n) is 7.78. The van der Waals surface area contributed by atoms with Crippen molar-refractivity contribution in [2.45, 2.75) is 18.9 Å². The fraction of sp³-hybridized carbons (Fsp3) is 0.222. The van der Waals surface area contributed by atoms with E-state index in [-0.39, 0.29) is 12.6 Å². The van der Waals surface area contributed by atoms with Gasteiger partial charge in [-0.2, -0.15) is 26.3 Å². The molecule has 0 atom stereocenters. The van der Waals surface area contributed by atoms with E-state index in [9.17, 15) is 35.9 Å². The van der Waals surface area contributed by atoms with Crippen molar-refractivity contribution >= 4 is 17.5 Å². The maximum absolute atomic E-state index is 12.8. The van der Waals surface area contributed by atoms with Gasteiger partial charge in [0.2, 0.25) is 0 Å². The molecule has 1 N–H and O–H groups in total. The Morgan fingerprint density at radius 3 is 1.86 bits per heavy atom. The fourth-order valence-corrected chi connectivity index (χ4v) is 2.31. The number of hydrogen-bond acceptors (Lipinski definition) is 2. The summed E-state index contributed by atoms with van der Waals surface area (Å²) in [5.74, 6) is -2.47. The molecule has 0 radical (unpaired) electrons. The molecular formula is C18H14F6N2O2. The predicted molar refractivity (Wildman–Crippen MR) is 88.0 cm³/mol. The third-order valence-electron chi connectivity index (χ3n) is 3.65. The monoisotopic (exact) mass is 404 g/mol. The lowest BCUT2D eigenvalue weighted by Crippen LogP contribution is -2.36. The second kappa shape index (κ2) is 7.91. The average Bonchev–Trinajstić information content (AvgIpc) is 2.60. The smallest absolute Gasteiger partial charge is 0.333 e. The molecule has 0 spiro atoms. The van der Waals surface area contributed by atoms with Crippen LogP contribution in [0.1, 0.15) is 16.7 Å². The largest absolute Gasteiger partial charge is 0.416 e. The maximum Gasteiger partial charge on any atom is 0.416 e.